The number of ketones is 1. The largest absolute Gasteiger partial charge is 0.508 e. The van der Waals surface area contributed by atoms with E-state index >= 15 is 0 Å². The standard InChI is InChI=1S/C29H23NO2/c31-22-11-6-10-20(15-22)29-28-24(16-21(17-26(28)32)18-7-2-1-3-8-18)27-23-12-5-4-9-19(23)13-14-25(27)30-29/h1-15,21,29-31H,16-17H2. The molecule has 0 aromatic heterocycles. The van der Waals surface area contributed by atoms with Crippen molar-refractivity contribution in [2.75, 3.05) is 5.32 Å². The minimum absolute atomic E-state index is 0.164. The van der Waals surface area contributed by atoms with Gasteiger partial charge in [-0.15, -0.1) is 0 Å². The highest BCUT2D eigenvalue weighted by Crippen LogP contribution is 2.51. The van der Waals surface area contributed by atoms with Gasteiger partial charge in [-0.05, 0) is 58.0 Å². The van der Waals surface area contributed by atoms with Crippen LogP contribution < -0.4 is 5.32 Å². The van der Waals surface area contributed by atoms with E-state index in [9.17, 15) is 9.90 Å². The lowest BCUT2D eigenvalue weighted by molar-refractivity contribution is -0.116. The number of phenols is 1. The van der Waals surface area contributed by atoms with Gasteiger partial charge in [0.15, 0.2) is 5.78 Å². The Balaban J connectivity index is 1.59. The van der Waals surface area contributed by atoms with Gasteiger partial charge in [0.05, 0.1) is 6.04 Å². The fourth-order valence-electron chi connectivity index (χ4n) is 5.36. The number of hydrogen-bond acceptors (Lipinski definition) is 3. The summed E-state index contributed by atoms with van der Waals surface area (Å²) < 4.78 is 0. The van der Waals surface area contributed by atoms with Crippen molar-refractivity contribution in [3.63, 3.8) is 0 Å². The van der Waals surface area contributed by atoms with E-state index < -0.39 is 0 Å². The topological polar surface area (TPSA) is 49.3 Å². The fourth-order valence-corrected chi connectivity index (χ4v) is 5.36. The third-order valence-electron chi connectivity index (χ3n) is 6.80. The number of anilines is 1. The summed E-state index contributed by atoms with van der Waals surface area (Å²) in [7, 11) is 0. The fraction of sp³-hybridized carbons (Fsp3) is 0.138. The second-order valence-electron chi connectivity index (χ2n) is 8.71. The molecule has 2 unspecified atom stereocenters. The van der Waals surface area contributed by atoms with Crippen molar-refractivity contribution in [2.45, 2.75) is 24.8 Å². The predicted octanol–water partition coefficient (Wildman–Crippen LogP) is 6.61. The average Bonchev–Trinajstić information content (AvgIpc) is 2.83. The number of allylic oxidation sites excluding steroid dienone is 1. The molecule has 0 saturated heterocycles. The summed E-state index contributed by atoms with van der Waals surface area (Å²) in [5.74, 6) is 0.554. The molecule has 0 saturated carbocycles. The number of benzene rings is 4. The van der Waals surface area contributed by atoms with Crippen LogP contribution >= 0.6 is 0 Å². The molecular weight excluding hydrogens is 394 g/mol. The molecule has 0 fully saturated rings. The number of hydrogen-bond donors (Lipinski definition) is 2. The van der Waals surface area contributed by atoms with Gasteiger partial charge in [-0.1, -0.05) is 72.8 Å². The number of fused-ring (bicyclic) bond motifs is 4. The van der Waals surface area contributed by atoms with E-state index in [1.165, 1.54) is 16.3 Å². The molecule has 1 aliphatic carbocycles. The van der Waals surface area contributed by atoms with Crippen LogP contribution in [0.25, 0.3) is 16.3 Å². The molecule has 32 heavy (non-hydrogen) atoms. The van der Waals surface area contributed by atoms with Crippen LogP contribution in [0.5, 0.6) is 5.75 Å². The maximum absolute atomic E-state index is 13.7. The smallest absolute Gasteiger partial charge is 0.162 e. The summed E-state index contributed by atoms with van der Waals surface area (Å²) in [6, 6.07) is 30.0. The molecule has 4 aromatic carbocycles. The van der Waals surface area contributed by atoms with E-state index in [-0.39, 0.29) is 23.5 Å². The first-order valence-corrected chi connectivity index (χ1v) is 11.1. The Hall–Kier alpha value is -3.85. The zero-order valence-corrected chi connectivity index (χ0v) is 17.6. The van der Waals surface area contributed by atoms with Gasteiger partial charge in [-0.3, -0.25) is 4.79 Å². The number of phenolic OH excluding ortho intramolecular Hbond substituents is 1. The first-order chi connectivity index (χ1) is 15.7. The molecule has 0 amide bonds. The molecule has 1 heterocycles. The lowest BCUT2D eigenvalue weighted by Crippen LogP contribution is -2.29. The molecule has 6 rings (SSSR count). The van der Waals surface area contributed by atoms with Crippen molar-refractivity contribution < 1.29 is 9.90 Å². The lowest BCUT2D eigenvalue weighted by atomic mass is 9.71. The molecule has 2 atom stereocenters. The van der Waals surface area contributed by atoms with Gasteiger partial charge in [0.2, 0.25) is 0 Å². The molecule has 156 valence electrons. The van der Waals surface area contributed by atoms with Crippen molar-refractivity contribution >= 4 is 27.8 Å². The number of Topliss-reactive ketones (excluding diaryl/α,β-unsaturated/α-hetero) is 1. The Morgan fingerprint density at radius 3 is 2.41 bits per heavy atom. The van der Waals surface area contributed by atoms with E-state index in [1.807, 2.05) is 30.3 Å². The van der Waals surface area contributed by atoms with Gasteiger partial charge < -0.3 is 10.4 Å². The lowest BCUT2D eigenvalue weighted by Gasteiger charge is -2.37. The Kier molecular flexibility index (Phi) is 4.36. The first-order valence-electron chi connectivity index (χ1n) is 11.1. The zero-order chi connectivity index (χ0) is 21.7. The molecule has 0 radical (unpaired) electrons. The third kappa shape index (κ3) is 3.01. The van der Waals surface area contributed by atoms with Crippen LogP contribution in [0.4, 0.5) is 5.69 Å². The minimum atomic E-state index is -0.269. The monoisotopic (exact) mass is 417 g/mol. The highest BCUT2D eigenvalue weighted by molar-refractivity contribution is 6.13. The first kappa shape index (κ1) is 18.9. The van der Waals surface area contributed by atoms with Crippen LogP contribution in [0, 0.1) is 0 Å². The second-order valence-corrected chi connectivity index (χ2v) is 8.71. The van der Waals surface area contributed by atoms with Crippen molar-refractivity contribution in [2.24, 2.45) is 0 Å². The van der Waals surface area contributed by atoms with Gasteiger partial charge in [0.25, 0.3) is 0 Å². The van der Waals surface area contributed by atoms with Gasteiger partial charge in [0.1, 0.15) is 5.75 Å². The maximum atomic E-state index is 13.7. The van der Waals surface area contributed by atoms with Crippen LogP contribution in [-0.4, -0.2) is 10.9 Å². The van der Waals surface area contributed by atoms with Crippen molar-refractivity contribution in [3.8, 4) is 5.75 Å². The molecule has 1 aliphatic heterocycles. The molecule has 2 aliphatic rings. The number of aromatic hydroxyl groups is 1. The van der Waals surface area contributed by atoms with Gasteiger partial charge in [-0.25, -0.2) is 0 Å². The van der Waals surface area contributed by atoms with E-state index in [0.717, 1.165) is 34.4 Å². The highest BCUT2D eigenvalue weighted by Gasteiger charge is 2.38. The highest BCUT2D eigenvalue weighted by atomic mass is 16.3. The second kappa shape index (κ2) is 7.38. The molecular formula is C29H23NO2. The molecule has 3 nitrogen and oxygen atoms in total. The molecule has 3 heteroatoms. The normalized spacial score (nSPS) is 19.9. The molecule has 2 N–H and O–H groups in total. The predicted molar refractivity (Wildman–Crippen MR) is 129 cm³/mol. The number of carbonyl (C=O) groups is 1. The Morgan fingerprint density at radius 2 is 1.56 bits per heavy atom. The summed E-state index contributed by atoms with van der Waals surface area (Å²) in [5, 5.41) is 16.1. The van der Waals surface area contributed by atoms with Crippen LogP contribution in [0.3, 0.4) is 0 Å². The van der Waals surface area contributed by atoms with Gasteiger partial charge in [0, 0.05) is 23.2 Å². The third-order valence-corrected chi connectivity index (χ3v) is 6.80. The summed E-state index contributed by atoms with van der Waals surface area (Å²) in [6.07, 6.45) is 1.32. The number of nitrogens with one attached hydrogen (secondary N) is 1. The van der Waals surface area contributed by atoms with E-state index in [2.05, 4.69) is 53.8 Å². The van der Waals surface area contributed by atoms with Gasteiger partial charge in [-0.2, -0.15) is 0 Å². The SMILES string of the molecule is O=C1CC(c2ccccc2)CC2=C1C(c1cccc(O)c1)Nc1ccc3ccccc3c12. The summed E-state index contributed by atoms with van der Waals surface area (Å²) in [5.41, 5.74) is 6.27. The van der Waals surface area contributed by atoms with Crippen molar-refractivity contribution in [3.05, 3.63) is 113 Å². The Morgan fingerprint density at radius 1 is 0.781 bits per heavy atom. The summed E-state index contributed by atoms with van der Waals surface area (Å²) >= 11 is 0. The van der Waals surface area contributed by atoms with Crippen LogP contribution in [0.2, 0.25) is 0 Å². The maximum Gasteiger partial charge on any atom is 0.162 e. The van der Waals surface area contributed by atoms with E-state index in [4.69, 9.17) is 0 Å². The Labute approximate surface area is 187 Å². The molecule has 0 bridgehead atoms. The summed E-state index contributed by atoms with van der Waals surface area (Å²) in [4.78, 5) is 13.7. The Bertz CT molecular complexity index is 1390. The van der Waals surface area contributed by atoms with Crippen molar-refractivity contribution in [1.29, 1.82) is 0 Å². The summed E-state index contributed by atoms with van der Waals surface area (Å²) in [6.45, 7) is 0. The number of rotatable bonds is 2. The van der Waals surface area contributed by atoms with Crippen molar-refractivity contribution in [1.82, 2.24) is 0 Å². The van der Waals surface area contributed by atoms with Gasteiger partial charge >= 0.3 is 0 Å². The average molecular weight is 418 g/mol. The van der Waals surface area contributed by atoms with Crippen LogP contribution in [-0.2, 0) is 4.79 Å². The van der Waals surface area contributed by atoms with E-state index in [1.54, 1.807) is 12.1 Å². The molecule has 0 spiro atoms. The molecule has 4 aromatic rings. The zero-order valence-electron chi connectivity index (χ0n) is 17.6. The quantitative estimate of drug-likeness (QED) is 0.386. The van der Waals surface area contributed by atoms with Crippen LogP contribution in [0.15, 0.2) is 96.6 Å². The number of carbonyl (C=O) groups excluding carboxylic acids is 1. The van der Waals surface area contributed by atoms with E-state index in [0.29, 0.717) is 6.42 Å². The van der Waals surface area contributed by atoms with Crippen LogP contribution in [0.1, 0.15) is 41.5 Å². The minimum Gasteiger partial charge on any atom is -0.508 e.